The first kappa shape index (κ1) is 20.8. The van der Waals surface area contributed by atoms with E-state index in [1.54, 1.807) is 0 Å². The van der Waals surface area contributed by atoms with Crippen molar-refractivity contribution in [2.24, 2.45) is 0 Å². The molecule has 5 nitrogen and oxygen atoms in total. The maximum atomic E-state index is 10.4. The molecule has 1 heterocycles. The maximum Gasteiger partial charge on any atom is 0.119 e. The van der Waals surface area contributed by atoms with E-state index in [-0.39, 0.29) is 6.61 Å². The molecule has 0 saturated heterocycles. The van der Waals surface area contributed by atoms with Crippen molar-refractivity contribution >= 4 is 0 Å². The van der Waals surface area contributed by atoms with E-state index in [2.05, 4.69) is 41.0 Å². The first-order valence-corrected chi connectivity index (χ1v) is 10.2. The summed E-state index contributed by atoms with van der Waals surface area (Å²) in [6.45, 7) is 7.46. The van der Waals surface area contributed by atoms with E-state index >= 15 is 0 Å². The van der Waals surface area contributed by atoms with Crippen LogP contribution in [0.4, 0.5) is 0 Å². The van der Waals surface area contributed by atoms with Gasteiger partial charge in [-0.15, -0.1) is 0 Å². The molecular formula is C23H32N2O3. The van der Waals surface area contributed by atoms with Gasteiger partial charge in [-0.2, -0.15) is 0 Å². The quantitative estimate of drug-likeness (QED) is 0.658. The molecule has 0 aliphatic carbocycles. The van der Waals surface area contributed by atoms with E-state index in [1.165, 1.54) is 16.7 Å². The number of benzene rings is 2. The number of aliphatic hydroxyl groups excluding tert-OH is 2. The van der Waals surface area contributed by atoms with E-state index < -0.39 is 6.10 Å². The van der Waals surface area contributed by atoms with Crippen LogP contribution in [-0.2, 0) is 19.5 Å². The maximum absolute atomic E-state index is 10.4. The summed E-state index contributed by atoms with van der Waals surface area (Å²) < 4.78 is 5.78. The fourth-order valence-corrected chi connectivity index (χ4v) is 3.69. The molecule has 0 aromatic heterocycles. The Bertz CT molecular complexity index is 720. The summed E-state index contributed by atoms with van der Waals surface area (Å²) in [5, 5.41) is 19.5. The van der Waals surface area contributed by atoms with Crippen LogP contribution < -0.4 is 4.74 Å². The Morgan fingerprint density at radius 1 is 1.11 bits per heavy atom. The van der Waals surface area contributed by atoms with Crippen LogP contribution in [0.15, 0.2) is 48.5 Å². The highest BCUT2D eigenvalue weighted by atomic mass is 16.5. The number of aliphatic hydroxyl groups is 2. The van der Waals surface area contributed by atoms with Gasteiger partial charge in [-0.3, -0.25) is 9.80 Å². The number of rotatable bonds is 10. The topological polar surface area (TPSA) is 56.2 Å². The van der Waals surface area contributed by atoms with E-state index in [9.17, 15) is 5.11 Å². The van der Waals surface area contributed by atoms with E-state index in [0.717, 1.165) is 38.3 Å². The number of ether oxygens (including phenoxy) is 1. The third-order valence-electron chi connectivity index (χ3n) is 5.31. The Balaban J connectivity index is 1.43. The summed E-state index contributed by atoms with van der Waals surface area (Å²) >= 11 is 0. The van der Waals surface area contributed by atoms with Crippen LogP contribution >= 0.6 is 0 Å². The fourth-order valence-electron chi connectivity index (χ4n) is 3.69. The second-order valence-corrected chi connectivity index (χ2v) is 7.45. The van der Waals surface area contributed by atoms with Gasteiger partial charge in [0, 0.05) is 32.7 Å². The van der Waals surface area contributed by atoms with Crippen molar-refractivity contribution in [1.29, 1.82) is 0 Å². The Kier molecular flexibility index (Phi) is 7.86. The molecule has 0 saturated carbocycles. The molecule has 1 unspecified atom stereocenters. The Hall–Kier alpha value is -1.92. The fraction of sp³-hybridized carbons (Fsp3) is 0.478. The van der Waals surface area contributed by atoms with Crippen molar-refractivity contribution < 1.29 is 14.9 Å². The minimum Gasteiger partial charge on any atom is -0.491 e. The molecule has 152 valence electrons. The average molecular weight is 385 g/mol. The summed E-state index contributed by atoms with van der Waals surface area (Å²) in [6, 6.07) is 16.5. The number of hydrogen-bond acceptors (Lipinski definition) is 5. The molecule has 0 spiro atoms. The van der Waals surface area contributed by atoms with Crippen LogP contribution in [0.5, 0.6) is 5.75 Å². The molecule has 3 rings (SSSR count). The summed E-state index contributed by atoms with van der Waals surface area (Å²) in [6.07, 6.45) is 0.529. The zero-order valence-electron chi connectivity index (χ0n) is 16.8. The third-order valence-corrected chi connectivity index (χ3v) is 5.31. The summed E-state index contributed by atoms with van der Waals surface area (Å²) in [5.74, 6) is 0.775. The van der Waals surface area contributed by atoms with Crippen LogP contribution in [0.1, 0.15) is 23.6 Å². The van der Waals surface area contributed by atoms with Crippen molar-refractivity contribution in [2.45, 2.75) is 32.5 Å². The second-order valence-electron chi connectivity index (χ2n) is 7.45. The average Bonchev–Trinajstić information content (AvgIpc) is 2.73. The van der Waals surface area contributed by atoms with Gasteiger partial charge in [0.1, 0.15) is 18.5 Å². The predicted octanol–water partition coefficient (Wildman–Crippen LogP) is 2.30. The number of hydrogen-bond donors (Lipinski definition) is 2. The monoisotopic (exact) mass is 384 g/mol. The number of nitrogens with zero attached hydrogens (tertiary/aromatic N) is 2. The van der Waals surface area contributed by atoms with Gasteiger partial charge < -0.3 is 14.9 Å². The lowest BCUT2D eigenvalue weighted by Crippen LogP contribution is -2.38. The first-order chi connectivity index (χ1) is 13.7. The Morgan fingerprint density at radius 3 is 2.57 bits per heavy atom. The second kappa shape index (κ2) is 10.6. The predicted molar refractivity (Wildman–Crippen MR) is 111 cm³/mol. The molecular weight excluding hydrogens is 352 g/mol. The van der Waals surface area contributed by atoms with Gasteiger partial charge in [0.15, 0.2) is 0 Å². The van der Waals surface area contributed by atoms with E-state index in [1.807, 2.05) is 24.3 Å². The largest absolute Gasteiger partial charge is 0.491 e. The van der Waals surface area contributed by atoms with Gasteiger partial charge in [0.25, 0.3) is 0 Å². The number of likely N-dealkylation sites (N-methyl/N-ethyl adjacent to an activating group) is 1. The highest BCUT2D eigenvalue weighted by molar-refractivity contribution is 5.29. The van der Waals surface area contributed by atoms with Gasteiger partial charge in [-0.1, -0.05) is 43.3 Å². The minimum absolute atomic E-state index is 0.176. The zero-order chi connectivity index (χ0) is 19.8. The Labute approximate surface area is 168 Å². The molecule has 1 aliphatic rings. The zero-order valence-corrected chi connectivity index (χ0v) is 16.8. The molecule has 0 amide bonds. The van der Waals surface area contributed by atoms with E-state index in [0.29, 0.717) is 19.7 Å². The van der Waals surface area contributed by atoms with E-state index in [4.69, 9.17) is 9.84 Å². The van der Waals surface area contributed by atoms with Crippen LogP contribution in [-0.4, -0.2) is 65.5 Å². The summed E-state index contributed by atoms with van der Waals surface area (Å²) in [4.78, 5) is 4.48. The van der Waals surface area contributed by atoms with Crippen LogP contribution in [0, 0.1) is 0 Å². The normalized spacial score (nSPS) is 15.4. The molecule has 5 heteroatoms. The van der Waals surface area contributed by atoms with Crippen molar-refractivity contribution in [1.82, 2.24) is 9.80 Å². The van der Waals surface area contributed by atoms with Gasteiger partial charge in [-0.25, -0.2) is 0 Å². The lowest BCUT2D eigenvalue weighted by molar-refractivity contribution is 0.0638. The lowest BCUT2D eigenvalue weighted by atomic mass is 10.00. The highest BCUT2D eigenvalue weighted by Gasteiger charge is 2.18. The van der Waals surface area contributed by atoms with Crippen LogP contribution in [0.25, 0.3) is 0 Å². The van der Waals surface area contributed by atoms with Crippen molar-refractivity contribution in [3.8, 4) is 5.75 Å². The standard InChI is InChI=1S/C23H32N2O3/c1-2-24(13-14-26)15-19-7-9-23(10-8-19)28-18-22(27)17-25-12-11-20-5-3-4-6-21(20)16-25/h3-10,22,26-27H,2,11-18H2,1H3. The summed E-state index contributed by atoms with van der Waals surface area (Å²) in [5.41, 5.74) is 3.97. The molecule has 1 atom stereocenters. The lowest BCUT2D eigenvalue weighted by Gasteiger charge is -2.30. The molecule has 2 N–H and O–H groups in total. The molecule has 1 aliphatic heterocycles. The van der Waals surface area contributed by atoms with Gasteiger partial charge in [0.2, 0.25) is 0 Å². The van der Waals surface area contributed by atoms with Crippen molar-refractivity contribution in [2.75, 3.05) is 39.4 Å². The highest BCUT2D eigenvalue weighted by Crippen LogP contribution is 2.19. The van der Waals surface area contributed by atoms with Crippen molar-refractivity contribution in [3.63, 3.8) is 0 Å². The van der Waals surface area contributed by atoms with Gasteiger partial charge in [-0.05, 0) is 41.8 Å². The van der Waals surface area contributed by atoms with Gasteiger partial charge >= 0.3 is 0 Å². The van der Waals surface area contributed by atoms with Crippen molar-refractivity contribution in [3.05, 3.63) is 65.2 Å². The summed E-state index contributed by atoms with van der Waals surface area (Å²) in [7, 11) is 0. The van der Waals surface area contributed by atoms with Crippen LogP contribution in [0.2, 0.25) is 0 Å². The molecule has 0 radical (unpaired) electrons. The number of β-amino-alcohol motifs (C(OH)–C–C–N with tert-alkyl or cyclic N) is 1. The SMILES string of the molecule is CCN(CCO)Cc1ccc(OCC(O)CN2CCc3ccccc3C2)cc1. The molecule has 0 bridgehead atoms. The third kappa shape index (κ3) is 6.04. The minimum atomic E-state index is -0.509. The van der Waals surface area contributed by atoms with Crippen LogP contribution in [0.3, 0.4) is 0 Å². The molecule has 0 fully saturated rings. The first-order valence-electron chi connectivity index (χ1n) is 10.2. The Morgan fingerprint density at radius 2 is 1.86 bits per heavy atom. The molecule has 2 aromatic rings. The molecule has 2 aromatic carbocycles. The van der Waals surface area contributed by atoms with Gasteiger partial charge in [0.05, 0.1) is 6.61 Å². The number of fused-ring (bicyclic) bond motifs is 1. The molecule has 28 heavy (non-hydrogen) atoms. The smallest absolute Gasteiger partial charge is 0.119 e.